The van der Waals surface area contributed by atoms with Crippen molar-refractivity contribution in [2.75, 3.05) is 12.4 Å². The van der Waals surface area contributed by atoms with Crippen molar-refractivity contribution >= 4 is 35.1 Å². The highest BCUT2D eigenvalue weighted by Gasteiger charge is 2.30. The summed E-state index contributed by atoms with van der Waals surface area (Å²) < 4.78 is 10.1. The van der Waals surface area contributed by atoms with Crippen LogP contribution in [0.25, 0.3) is 0 Å². The fourth-order valence-corrected chi connectivity index (χ4v) is 2.35. The highest BCUT2D eigenvalue weighted by Crippen LogP contribution is 2.27. The molecule has 0 radical (unpaired) electrons. The number of hydrogen-bond donors (Lipinski definition) is 2. The molecule has 8 heteroatoms. The lowest BCUT2D eigenvalue weighted by molar-refractivity contribution is -0.155. The Kier molecular flexibility index (Phi) is 5.44. The first-order valence-corrected chi connectivity index (χ1v) is 7.42. The third-order valence-corrected chi connectivity index (χ3v) is 3.66. The van der Waals surface area contributed by atoms with Crippen molar-refractivity contribution in [3.8, 4) is 5.75 Å². The summed E-state index contributed by atoms with van der Waals surface area (Å²) in [6, 6.07) is 4.08. The van der Waals surface area contributed by atoms with E-state index in [1.165, 1.54) is 20.1 Å². The number of rotatable bonds is 5. The first-order chi connectivity index (χ1) is 10.9. The summed E-state index contributed by atoms with van der Waals surface area (Å²) >= 11 is 5.97. The lowest BCUT2D eigenvalue weighted by atomic mass is 10.2. The number of ether oxygens (including phenoxy) is 2. The average molecular weight is 341 g/mol. The minimum absolute atomic E-state index is 0.197. The number of carbonyl (C=O) groups excluding carboxylic acids is 3. The van der Waals surface area contributed by atoms with E-state index in [1.807, 2.05) is 0 Å². The van der Waals surface area contributed by atoms with Gasteiger partial charge >= 0.3 is 5.97 Å². The molecule has 0 aromatic heterocycles. The molecule has 1 fully saturated rings. The van der Waals surface area contributed by atoms with E-state index in [1.54, 1.807) is 12.1 Å². The number of benzene rings is 1. The van der Waals surface area contributed by atoms with Gasteiger partial charge in [-0.15, -0.1) is 0 Å². The van der Waals surface area contributed by atoms with Crippen molar-refractivity contribution < 1.29 is 23.9 Å². The van der Waals surface area contributed by atoms with Crippen molar-refractivity contribution in [3.63, 3.8) is 0 Å². The van der Waals surface area contributed by atoms with Crippen molar-refractivity contribution in [3.05, 3.63) is 23.2 Å². The third-order valence-electron chi connectivity index (χ3n) is 3.36. The Bertz CT molecular complexity index is 634. The van der Waals surface area contributed by atoms with E-state index >= 15 is 0 Å². The van der Waals surface area contributed by atoms with Crippen molar-refractivity contribution in [2.45, 2.75) is 31.9 Å². The monoisotopic (exact) mass is 340 g/mol. The van der Waals surface area contributed by atoms with Crippen LogP contribution in [0.2, 0.25) is 5.02 Å². The van der Waals surface area contributed by atoms with E-state index in [9.17, 15) is 14.4 Å². The summed E-state index contributed by atoms with van der Waals surface area (Å²) in [5.41, 5.74) is 0.456. The normalized spacial score (nSPS) is 18.0. The molecule has 0 bridgehead atoms. The van der Waals surface area contributed by atoms with Gasteiger partial charge in [-0.05, 0) is 31.5 Å². The zero-order chi connectivity index (χ0) is 17.0. The Hall–Kier alpha value is -2.28. The van der Waals surface area contributed by atoms with Gasteiger partial charge in [-0.1, -0.05) is 11.6 Å². The summed E-state index contributed by atoms with van der Waals surface area (Å²) in [7, 11) is 1.49. The Morgan fingerprint density at radius 1 is 1.43 bits per heavy atom. The second-order valence-electron chi connectivity index (χ2n) is 5.08. The first-order valence-electron chi connectivity index (χ1n) is 7.05. The maximum absolute atomic E-state index is 12.0. The van der Waals surface area contributed by atoms with Crippen LogP contribution in [-0.4, -0.2) is 37.0 Å². The van der Waals surface area contributed by atoms with Crippen LogP contribution >= 0.6 is 11.6 Å². The predicted molar refractivity (Wildman–Crippen MR) is 83.4 cm³/mol. The molecule has 0 saturated carbocycles. The highest BCUT2D eigenvalue weighted by atomic mass is 35.5. The molecule has 0 unspecified atom stereocenters. The van der Waals surface area contributed by atoms with Gasteiger partial charge in [0.15, 0.2) is 6.10 Å². The highest BCUT2D eigenvalue weighted by molar-refractivity contribution is 6.32. The fraction of sp³-hybridized carbons (Fsp3) is 0.400. The van der Waals surface area contributed by atoms with Crippen LogP contribution in [-0.2, 0) is 19.1 Å². The Labute approximate surface area is 138 Å². The zero-order valence-corrected chi connectivity index (χ0v) is 13.5. The molecule has 2 rings (SSSR count). The third kappa shape index (κ3) is 4.35. The van der Waals surface area contributed by atoms with E-state index in [2.05, 4.69) is 10.6 Å². The second-order valence-corrected chi connectivity index (χ2v) is 5.48. The Morgan fingerprint density at radius 2 is 2.17 bits per heavy atom. The van der Waals surface area contributed by atoms with E-state index < -0.39 is 24.0 Å². The molecule has 1 heterocycles. The van der Waals surface area contributed by atoms with Crippen LogP contribution in [0.5, 0.6) is 5.75 Å². The van der Waals surface area contributed by atoms with Crippen LogP contribution in [0.1, 0.15) is 19.8 Å². The predicted octanol–water partition coefficient (Wildman–Crippen LogP) is 1.50. The summed E-state index contributed by atoms with van der Waals surface area (Å²) in [5, 5.41) is 5.44. The summed E-state index contributed by atoms with van der Waals surface area (Å²) in [4.78, 5) is 35.0. The molecule has 124 valence electrons. The van der Waals surface area contributed by atoms with Gasteiger partial charge in [0.25, 0.3) is 5.91 Å². The molecule has 1 aliphatic heterocycles. The summed E-state index contributed by atoms with van der Waals surface area (Å²) in [6.07, 6.45) is -0.342. The fourth-order valence-electron chi connectivity index (χ4n) is 2.09. The second kappa shape index (κ2) is 7.32. The molecule has 2 amide bonds. The number of hydrogen-bond acceptors (Lipinski definition) is 5. The first kappa shape index (κ1) is 17.1. The number of amides is 2. The lowest BCUT2D eigenvalue weighted by Gasteiger charge is -2.16. The topological polar surface area (TPSA) is 93.7 Å². The van der Waals surface area contributed by atoms with Crippen molar-refractivity contribution in [2.24, 2.45) is 0 Å². The average Bonchev–Trinajstić information content (AvgIpc) is 2.94. The number of methoxy groups -OCH3 is 1. The molecule has 7 nitrogen and oxygen atoms in total. The molecule has 2 N–H and O–H groups in total. The zero-order valence-electron chi connectivity index (χ0n) is 12.7. The molecule has 23 heavy (non-hydrogen) atoms. The molecule has 0 spiro atoms. The number of halogens is 1. The number of carbonyl (C=O) groups is 3. The molecular weight excluding hydrogens is 324 g/mol. The number of esters is 1. The smallest absolute Gasteiger partial charge is 0.329 e. The van der Waals surface area contributed by atoms with Crippen molar-refractivity contribution in [1.82, 2.24) is 5.32 Å². The maximum Gasteiger partial charge on any atom is 0.329 e. The lowest BCUT2D eigenvalue weighted by Crippen LogP contribution is -2.39. The molecule has 1 aromatic rings. The molecular formula is C15H17ClN2O5. The van der Waals surface area contributed by atoms with Gasteiger partial charge in [0.2, 0.25) is 5.91 Å². The minimum atomic E-state index is -0.999. The van der Waals surface area contributed by atoms with E-state index in [0.717, 1.165) is 0 Å². The Balaban J connectivity index is 1.91. The Morgan fingerprint density at radius 3 is 2.74 bits per heavy atom. The van der Waals surface area contributed by atoms with E-state index in [0.29, 0.717) is 22.9 Å². The quantitative estimate of drug-likeness (QED) is 0.792. The van der Waals surface area contributed by atoms with Crippen LogP contribution in [0.3, 0.4) is 0 Å². The van der Waals surface area contributed by atoms with Gasteiger partial charge in [0.1, 0.15) is 11.8 Å². The van der Waals surface area contributed by atoms with Crippen LogP contribution in [0.4, 0.5) is 5.69 Å². The number of anilines is 1. The van der Waals surface area contributed by atoms with Gasteiger partial charge < -0.3 is 20.1 Å². The molecule has 1 saturated heterocycles. The van der Waals surface area contributed by atoms with Gasteiger partial charge in [-0.25, -0.2) is 4.79 Å². The van der Waals surface area contributed by atoms with E-state index in [4.69, 9.17) is 21.1 Å². The standard InChI is InChI=1S/C15H17ClN2O5/c1-8(23-15(21)11-4-6-13(19)18-11)14(20)17-9-3-5-12(22-2)10(16)7-9/h3,5,7-8,11H,4,6H2,1-2H3,(H,17,20)(H,18,19)/t8-,11-/m0/s1. The largest absolute Gasteiger partial charge is 0.495 e. The van der Waals surface area contributed by atoms with Gasteiger partial charge in [0, 0.05) is 12.1 Å². The van der Waals surface area contributed by atoms with E-state index in [-0.39, 0.29) is 12.3 Å². The molecule has 1 aromatic carbocycles. The maximum atomic E-state index is 12.0. The molecule has 0 aliphatic carbocycles. The summed E-state index contributed by atoms with van der Waals surface area (Å²) in [5.74, 6) is -0.826. The summed E-state index contributed by atoms with van der Waals surface area (Å²) in [6.45, 7) is 1.45. The molecule has 2 atom stereocenters. The van der Waals surface area contributed by atoms with Gasteiger partial charge in [-0.3, -0.25) is 9.59 Å². The SMILES string of the molecule is COc1ccc(NC(=O)[C@H](C)OC(=O)[C@@H]2CCC(=O)N2)cc1Cl. The minimum Gasteiger partial charge on any atom is -0.495 e. The number of nitrogens with one attached hydrogen (secondary N) is 2. The van der Waals surface area contributed by atoms with Crippen LogP contribution < -0.4 is 15.4 Å². The van der Waals surface area contributed by atoms with Gasteiger partial charge in [0.05, 0.1) is 12.1 Å². The van der Waals surface area contributed by atoms with Gasteiger partial charge in [-0.2, -0.15) is 0 Å². The van der Waals surface area contributed by atoms with Crippen LogP contribution in [0, 0.1) is 0 Å². The van der Waals surface area contributed by atoms with Crippen LogP contribution in [0.15, 0.2) is 18.2 Å². The van der Waals surface area contributed by atoms with Crippen molar-refractivity contribution in [1.29, 1.82) is 0 Å². The molecule has 1 aliphatic rings.